The number of hydrogen-bond donors (Lipinski definition) is 3. The lowest BCUT2D eigenvalue weighted by molar-refractivity contribution is 0.0635. The summed E-state index contributed by atoms with van der Waals surface area (Å²) in [5.74, 6) is 0.0284. The third kappa shape index (κ3) is 4.44. The number of carbonyl (C=O) groups excluding carboxylic acids is 1. The molecule has 1 atom stereocenters. The van der Waals surface area contributed by atoms with Gasteiger partial charge in [-0.15, -0.1) is 0 Å². The number of carbonyl (C=O) groups is 1. The van der Waals surface area contributed by atoms with Crippen LogP contribution in [0, 0.1) is 0 Å². The molecule has 0 radical (unpaired) electrons. The van der Waals surface area contributed by atoms with Crippen LogP contribution in [0.1, 0.15) is 39.2 Å². The molecule has 0 aliphatic heterocycles. The molecule has 0 aliphatic rings. The molecule has 106 valence electrons. The van der Waals surface area contributed by atoms with E-state index in [2.05, 4.69) is 5.32 Å². The van der Waals surface area contributed by atoms with Crippen LogP contribution in [0.5, 0.6) is 5.75 Å². The van der Waals surface area contributed by atoms with Crippen molar-refractivity contribution in [3.05, 3.63) is 23.8 Å². The maximum atomic E-state index is 11.8. The second-order valence-corrected chi connectivity index (χ2v) is 5.51. The molecule has 0 saturated heterocycles. The highest BCUT2D eigenvalue weighted by Crippen LogP contribution is 2.32. The van der Waals surface area contributed by atoms with Gasteiger partial charge in [0.15, 0.2) is 0 Å². The number of nitrogens with two attached hydrogens (primary N) is 1. The lowest BCUT2D eigenvalue weighted by atomic mass is 9.99. The van der Waals surface area contributed by atoms with Gasteiger partial charge in [0.1, 0.15) is 11.4 Å². The minimum atomic E-state index is -0.598. The Labute approximate surface area is 113 Å². The van der Waals surface area contributed by atoms with E-state index < -0.39 is 11.7 Å². The van der Waals surface area contributed by atoms with Crippen LogP contribution in [0.2, 0.25) is 0 Å². The first-order chi connectivity index (χ1) is 8.74. The van der Waals surface area contributed by atoms with Crippen molar-refractivity contribution >= 4 is 11.8 Å². The monoisotopic (exact) mass is 266 g/mol. The molecule has 19 heavy (non-hydrogen) atoms. The summed E-state index contributed by atoms with van der Waals surface area (Å²) in [6.07, 6.45) is -0.598. The first-order valence-electron chi connectivity index (χ1n) is 6.26. The zero-order valence-corrected chi connectivity index (χ0v) is 11.9. The predicted octanol–water partition coefficient (Wildman–Crippen LogP) is 2.80. The number of phenols is 1. The van der Waals surface area contributed by atoms with Crippen LogP contribution in [-0.2, 0) is 4.74 Å². The van der Waals surface area contributed by atoms with Gasteiger partial charge in [-0.05, 0) is 44.9 Å². The topological polar surface area (TPSA) is 84.6 Å². The van der Waals surface area contributed by atoms with Crippen LogP contribution < -0.4 is 11.1 Å². The van der Waals surface area contributed by atoms with Crippen molar-refractivity contribution in [3.63, 3.8) is 0 Å². The molecule has 1 amide bonds. The number of hydrogen-bond acceptors (Lipinski definition) is 4. The van der Waals surface area contributed by atoms with E-state index in [-0.39, 0.29) is 11.7 Å². The summed E-state index contributed by atoms with van der Waals surface area (Å²) >= 11 is 0. The first kappa shape index (κ1) is 15.3. The molecule has 0 saturated carbocycles. The summed E-state index contributed by atoms with van der Waals surface area (Å²) in [6.45, 7) is 7.68. The van der Waals surface area contributed by atoms with Crippen LogP contribution >= 0.6 is 0 Å². The quantitative estimate of drug-likeness (QED) is 0.734. The fourth-order valence-electron chi connectivity index (χ4n) is 1.64. The largest absolute Gasteiger partial charge is 0.506 e. The molecule has 4 N–H and O–H groups in total. The van der Waals surface area contributed by atoms with Gasteiger partial charge in [-0.25, -0.2) is 4.79 Å². The van der Waals surface area contributed by atoms with Crippen LogP contribution in [0.25, 0.3) is 0 Å². The van der Waals surface area contributed by atoms with Crippen molar-refractivity contribution in [2.75, 3.05) is 11.9 Å². The fraction of sp³-hybridized carbons (Fsp3) is 0.500. The molecule has 0 spiro atoms. The van der Waals surface area contributed by atoms with Gasteiger partial charge in [-0.3, -0.25) is 5.32 Å². The van der Waals surface area contributed by atoms with Gasteiger partial charge in [0, 0.05) is 0 Å². The molecular weight excluding hydrogens is 244 g/mol. The van der Waals surface area contributed by atoms with E-state index in [1.807, 2.05) is 13.0 Å². The van der Waals surface area contributed by atoms with Crippen molar-refractivity contribution < 1.29 is 14.6 Å². The maximum Gasteiger partial charge on any atom is 0.412 e. The minimum absolute atomic E-state index is 0.00339. The third-order valence-electron chi connectivity index (χ3n) is 2.59. The number of ether oxygens (including phenoxy) is 1. The molecule has 0 heterocycles. The standard InChI is InChI=1S/C14H22N2O3/c1-9(8-15)10-6-5-7-11(17)12(10)16-13(18)19-14(2,3)4/h5-7,9,17H,8,15H2,1-4H3,(H,16,18). The third-order valence-corrected chi connectivity index (χ3v) is 2.59. The number of para-hydroxylation sites is 1. The number of rotatable bonds is 3. The lowest BCUT2D eigenvalue weighted by Crippen LogP contribution is -2.27. The van der Waals surface area contributed by atoms with Gasteiger partial charge in [-0.1, -0.05) is 19.1 Å². The second-order valence-electron chi connectivity index (χ2n) is 5.51. The SMILES string of the molecule is CC(CN)c1cccc(O)c1NC(=O)OC(C)(C)C. The Bertz CT molecular complexity index is 452. The molecular formula is C14H22N2O3. The average Bonchev–Trinajstić information content (AvgIpc) is 2.28. The van der Waals surface area contributed by atoms with Gasteiger partial charge < -0.3 is 15.6 Å². The van der Waals surface area contributed by atoms with Gasteiger partial charge in [-0.2, -0.15) is 0 Å². The maximum absolute atomic E-state index is 11.8. The number of benzene rings is 1. The van der Waals surface area contributed by atoms with E-state index in [0.29, 0.717) is 12.2 Å². The fourth-order valence-corrected chi connectivity index (χ4v) is 1.64. The van der Waals surface area contributed by atoms with Crippen molar-refractivity contribution in [1.82, 2.24) is 0 Å². The molecule has 0 aromatic heterocycles. The smallest absolute Gasteiger partial charge is 0.412 e. The first-order valence-corrected chi connectivity index (χ1v) is 6.26. The lowest BCUT2D eigenvalue weighted by Gasteiger charge is -2.22. The van der Waals surface area contributed by atoms with Crippen LogP contribution in [0.4, 0.5) is 10.5 Å². The number of aromatic hydroxyl groups is 1. The molecule has 5 nitrogen and oxygen atoms in total. The van der Waals surface area contributed by atoms with E-state index in [1.165, 1.54) is 6.07 Å². The van der Waals surface area contributed by atoms with Crippen LogP contribution in [0.15, 0.2) is 18.2 Å². The Morgan fingerprint density at radius 2 is 2.11 bits per heavy atom. The van der Waals surface area contributed by atoms with Gasteiger partial charge in [0.2, 0.25) is 0 Å². The molecule has 0 fully saturated rings. The van der Waals surface area contributed by atoms with E-state index in [4.69, 9.17) is 10.5 Å². The van der Waals surface area contributed by atoms with Gasteiger partial charge in [0.25, 0.3) is 0 Å². The molecule has 1 aromatic rings. The van der Waals surface area contributed by atoms with Crippen LogP contribution in [-0.4, -0.2) is 23.3 Å². The highest BCUT2D eigenvalue weighted by molar-refractivity contribution is 5.88. The van der Waals surface area contributed by atoms with E-state index in [9.17, 15) is 9.90 Å². The van der Waals surface area contributed by atoms with E-state index in [0.717, 1.165) is 5.56 Å². The van der Waals surface area contributed by atoms with Crippen LogP contribution in [0.3, 0.4) is 0 Å². The average molecular weight is 266 g/mol. The summed E-state index contributed by atoms with van der Waals surface area (Å²) in [7, 11) is 0. The normalized spacial score (nSPS) is 12.9. The van der Waals surface area contributed by atoms with Crippen molar-refractivity contribution in [2.45, 2.75) is 39.2 Å². The summed E-state index contributed by atoms with van der Waals surface area (Å²) in [5.41, 5.74) is 6.18. The Morgan fingerprint density at radius 1 is 1.47 bits per heavy atom. The molecule has 5 heteroatoms. The number of anilines is 1. The van der Waals surface area contributed by atoms with E-state index >= 15 is 0 Å². The highest BCUT2D eigenvalue weighted by Gasteiger charge is 2.20. The Kier molecular flexibility index (Phi) is 4.78. The van der Waals surface area contributed by atoms with Crippen molar-refractivity contribution in [2.24, 2.45) is 5.73 Å². The number of nitrogens with one attached hydrogen (secondary N) is 1. The minimum Gasteiger partial charge on any atom is -0.506 e. The summed E-state index contributed by atoms with van der Waals surface area (Å²) < 4.78 is 5.17. The Hall–Kier alpha value is -1.75. The summed E-state index contributed by atoms with van der Waals surface area (Å²) in [5, 5.41) is 12.5. The highest BCUT2D eigenvalue weighted by atomic mass is 16.6. The zero-order valence-electron chi connectivity index (χ0n) is 11.9. The summed E-state index contributed by atoms with van der Waals surface area (Å²) in [6, 6.07) is 5.06. The second kappa shape index (κ2) is 5.93. The zero-order chi connectivity index (χ0) is 14.6. The predicted molar refractivity (Wildman–Crippen MR) is 75.4 cm³/mol. The van der Waals surface area contributed by atoms with Gasteiger partial charge in [0.05, 0.1) is 5.69 Å². The molecule has 0 aliphatic carbocycles. The Morgan fingerprint density at radius 3 is 2.63 bits per heavy atom. The number of amides is 1. The molecule has 0 bridgehead atoms. The number of phenolic OH excluding ortho intramolecular Hbond substituents is 1. The Balaban J connectivity index is 2.97. The molecule has 1 unspecified atom stereocenters. The summed E-state index contributed by atoms with van der Waals surface area (Å²) in [4.78, 5) is 11.8. The molecule has 1 rings (SSSR count). The van der Waals surface area contributed by atoms with Crippen molar-refractivity contribution in [1.29, 1.82) is 0 Å². The molecule has 1 aromatic carbocycles. The van der Waals surface area contributed by atoms with Crippen molar-refractivity contribution in [3.8, 4) is 5.75 Å². The van der Waals surface area contributed by atoms with E-state index in [1.54, 1.807) is 26.8 Å². The van der Waals surface area contributed by atoms with Gasteiger partial charge >= 0.3 is 6.09 Å².